The van der Waals surface area contributed by atoms with Crippen LogP contribution in [0.15, 0.2) is 22.0 Å². The van der Waals surface area contributed by atoms with Crippen LogP contribution < -0.4 is 5.73 Å². The monoisotopic (exact) mass is 252 g/mol. The lowest BCUT2D eigenvalue weighted by Crippen LogP contribution is -1.91. The predicted molar refractivity (Wildman–Crippen MR) is 58.7 cm³/mol. The van der Waals surface area contributed by atoms with E-state index in [1.165, 1.54) is 0 Å². The van der Waals surface area contributed by atoms with Gasteiger partial charge in [0.2, 0.25) is 0 Å². The molecular weight excluding hydrogens is 248 g/mol. The van der Waals surface area contributed by atoms with E-state index in [2.05, 4.69) is 22.0 Å². The van der Waals surface area contributed by atoms with Crippen molar-refractivity contribution in [3.63, 3.8) is 0 Å². The number of rotatable bonds is 0. The fraction of sp³-hybridized carbons (Fsp3) is 0. The standard InChI is InChI=1S/C9H5BrN2S/c10-7-3-5-1-2-13-9(5)8(12)6(7)4-11/h1-3H,12H2. The van der Waals surface area contributed by atoms with Gasteiger partial charge in [0.05, 0.1) is 16.0 Å². The van der Waals surface area contributed by atoms with E-state index in [1.54, 1.807) is 11.3 Å². The molecule has 0 saturated carbocycles. The van der Waals surface area contributed by atoms with E-state index in [-0.39, 0.29) is 0 Å². The van der Waals surface area contributed by atoms with Crippen LogP contribution in [0.4, 0.5) is 5.69 Å². The molecule has 1 aromatic carbocycles. The maximum absolute atomic E-state index is 8.84. The van der Waals surface area contributed by atoms with E-state index in [4.69, 9.17) is 11.0 Å². The smallest absolute Gasteiger partial charge is 0.103 e. The first kappa shape index (κ1) is 8.54. The van der Waals surface area contributed by atoms with Crippen molar-refractivity contribution < 1.29 is 0 Å². The summed E-state index contributed by atoms with van der Waals surface area (Å²) in [5.74, 6) is 0. The van der Waals surface area contributed by atoms with Crippen LogP contribution in [0.2, 0.25) is 0 Å². The molecule has 0 spiro atoms. The van der Waals surface area contributed by atoms with Gasteiger partial charge >= 0.3 is 0 Å². The van der Waals surface area contributed by atoms with Crippen molar-refractivity contribution in [2.24, 2.45) is 0 Å². The number of anilines is 1. The Morgan fingerprint density at radius 2 is 2.31 bits per heavy atom. The van der Waals surface area contributed by atoms with Crippen molar-refractivity contribution in [3.05, 3.63) is 27.5 Å². The van der Waals surface area contributed by atoms with Gasteiger partial charge in [0.1, 0.15) is 6.07 Å². The summed E-state index contributed by atoms with van der Waals surface area (Å²) in [6, 6.07) is 5.99. The number of nitrogens with zero attached hydrogens (tertiary/aromatic N) is 1. The highest BCUT2D eigenvalue weighted by molar-refractivity contribution is 9.10. The molecule has 2 N–H and O–H groups in total. The first-order valence-corrected chi connectivity index (χ1v) is 5.26. The van der Waals surface area contributed by atoms with E-state index < -0.39 is 0 Å². The number of nitrogens with two attached hydrogens (primary N) is 1. The first-order chi connectivity index (χ1) is 6.24. The largest absolute Gasteiger partial charge is 0.396 e. The second kappa shape index (κ2) is 3.02. The van der Waals surface area contributed by atoms with Crippen molar-refractivity contribution >= 4 is 43.0 Å². The van der Waals surface area contributed by atoms with E-state index in [1.807, 2.05) is 17.5 Å². The summed E-state index contributed by atoms with van der Waals surface area (Å²) in [6.07, 6.45) is 0. The number of benzene rings is 1. The Hall–Kier alpha value is -1.05. The number of nitrogen functional groups attached to an aromatic ring is 1. The van der Waals surface area contributed by atoms with Gasteiger partial charge in [0.25, 0.3) is 0 Å². The van der Waals surface area contributed by atoms with E-state index in [0.717, 1.165) is 14.6 Å². The molecule has 2 rings (SSSR count). The summed E-state index contributed by atoms with van der Waals surface area (Å²) in [4.78, 5) is 0. The number of hydrogen-bond acceptors (Lipinski definition) is 3. The highest BCUT2D eigenvalue weighted by Gasteiger charge is 2.09. The molecule has 0 aliphatic rings. The maximum atomic E-state index is 8.84. The molecule has 0 bridgehead atoms. The normalized spacial score (nSPS) is 10.2. The van der Waals surface area contributed by atoms with E-state index in [9.17, 15) is 0 Å². The predicted octanol–water partition coefficient (Wildman–Crippen LogP) is 3.12. The van der Waals surface area contributed by atoms with Crippen LogP contribution in [0.5, 0.6) is 0 Å². The van der Waals surface area contributed by atoms with Gasteiger partial charge in [-0.25, -0.2) is 0 Å². The Morgan fingerprint density at radius 3 is 3.00 bits per heavy atom. The molecule has 0 saturated heterocycles. The van der Waals surface area contributed by atoms with Crippen LogP contribution in [0.1, 0.15) is 5.56 Å². The molecule has 13 heavy (non-hydrogen) atoms. The molecule has 1 heterocycles. The van der Waals surface area contributed by atoms with Crippen LogP contribution >= 0.6 is 27.3 Å². The third kappa shape index (κ3) is 1.21. The minimum absolute atomic E-state index is 0.523. The lowest BCUT2D eigenvalue weighted by Gasteiger charge is -2.01. The third-order valence-corrected chi connectivity index (χ3v) is 3.43. The van der Waals surface area contributed by atoms with Gasteiger partial charge in [0.15, 0.2) is 0 Å². The summed E-state index contributed by atoms with van der Waals surface area (Å²) >= 11 is 4.87. The van der Waals surface area contributed by atoms with Gasteiger partial charge in [-0.2, -0.15) is 5.26 Å². The first-order valence-electron chi connectivity index (χ1n) is 3.59. The number of hydrogen-bond donors (Lipinski definition) is 1. The molecule has 0 aliphatic heterocycles. The quantitative estimate of drug-likeness (QED) is 0.733. The van der Waals surface area contributed by atoms with Crippen LogP contribution in [0, 0.1) is 11.3 Å². The lowest BCUT2D eigenvalue weighted by atomic mass is 10.1. The minimum atomic E-state index is 0.523. The number of halogens is 1. The van der Waals surface area contributed by atoms with Crippen LogP contribution in [0.3, 0.4) is 0 Å². The minimum Gasteiger partial charge on any atom is -0.396 e. The molecular formula is C9H5BrN2S. The molecule has 0 fully saturated rings. The Balaban J connectivity index is 2.95. The highest BCUT2D eigenvalue weighted by atomic mass is 79.9. The molecule has 1 aromatic heterocycles. The second-order valence-electron chi connectivity index (χ2n) is 2.60. The summed E-state index contributed by atoms with van der Waals surface area (Å²) in [5, 5.41) is 11.9. The van der Waals surface area contributed by atoms with Crippen molar-refractivity contribution in [2.75, 3.05) is 5.73 Å². The van der Waals surface area contributed by atoms with Gasteiger partial charge in [-0.1, -0.05) is 0 Å². The van der Waals surface area contributed by atoms with Crippen molar-refractivity contribution in [2.45, 2.75) is 0 Å². The molecule has 0 atom stereocenters. The third-order valence-electron chi connectivity index (χ3n) is 1.84. The van der Waals surface area contributed by atoms with E-state index in [0.29, 0.717) is 11.3 Å². The van der Waals surface area contributed by atoms with Gasteiger partial charge in [-0.3, -0.25) is 0 Å². The molecule has 0 unspecified atom stereocenters. The summed E-state index contributed by atoms with van der Waals surface area (Å²) in [6.45, 7) is 0. The molecule has 2 nitrogen and oxygen atoms in total. The molecule has 64 valence electrons. The zero-order chi connectivity index (χ0) is 9.42. The topological polar surface area (TPSA) is 49.8 Å². The Labute approximate surface area is 87.7 Å². The number of nitriles is 1. The Morgan fingerprint density at radius 1 is 1.54 bits per heavy atom. The Kier molecular flexibility index (Phi) is 1.98. The van der Waals surface area contributed by atoms with Gasteiger partial charge < -0.3 is 5.73 Å². The second-order valence-corrected chi connectivity index (χ2v) is 4.37. The summed E-state index contributed by atoms with van der Waals surface area (Å²) < 4.78 is 1.75. The average molecular weight is 253 g/mol. The van der Waals surface area contributed by atoms with E-state index >= 15 is 0 Å². The highest BCUT2D eigenvalue weighted by Crippen LogP contribution is 2.34. The fourth-order valence-corrected chi connectivity index (χ4v) is 2.61. The van der Waals surface area contributed by atoms with Crippen molar-refractivity contribution in [3.8, 4) is 6.07 Å². The van der Waals surface area contributed by atoms with Gasteiger partial charge in [-0.05, 0) is 38.8 Å². The zero-order valence-electron chi connectivity index (χ0n) is 6.54. The maximum Gasteiger partial charge on any atom is 0.103 e. The molecule has 4 heteroatoms. The number of fused-ring (bicyclic) bond motifs is 1. The molecule has 0 aliphatic carbocycles. The van der Waals surface area contributed by atoms with Crippen LogP contribution in [-0.2, 0) is 0 Å². The summed E-state index contributed by atoms with van der Waals surface area (Å²) in [5.41, 5.74) is 6.93. The average Bonchev–Trinajstić information content (AvgIpc) is 2.53. The number of thiophene rings is 1. The molecule has 0 radical (unpaired) electrons. The van der Waals surface area contributed by atoms with Gasteiger partial charge in [-0.15, -0.1) is 11.3 Å². The SMILES string of the molecule is N#Cc1c(Br)cc2ccsc2c1N. The van der Waals surface area contributed by atoms with Crippen LogP contribution in [-0.4, -0.2) is 0 Å². The fourth-order valence-electron chi connectivity index (χ4n) is 1.22. The van der Waals surface area contributed by atoms with Crippen LogP contribution in [0.25, 0.3) is 10.1 Å². The van der Waals surface area contributed by atoms with Crippen molar-refractivity contribution in [1.29, 1.82) is 5.26 Å². The molecule has 2 aromatic rings. The zero-order valence-corrected chi connectivity index (χ0v) is 8.95. The Bertz CT molecular complexity index is 510. The van der Waals surface area contributed by atoms with Gasteiger partial charge in [0, 0.05) is 4.47 Å². The summed E-state index contributed by atoms with van der Waals surface area (Å²) in [7, 11) is 0. The lowest BCUT2D eigenvalue weighted by molar-refractivity contribution is 1.48. The van der Waals surface area contributed by atoms with Crippen molar-refractivity contribution in [1.82, 2.24) is 0 Å². The molecule has 0 amide bonds.